The van der Waals surface area contributed by atoms with Crippen LogP contribution in [0, 0.1) is 0 Å². The molecule has 0 bridgehead atoms. The third kappa shape index (κ3) is 1.43. The molecule has 40 valence electrons. The van der Waals surface area contributed by atoms with Gasteiger partial charge in [-0.25, -0.2) is 0 Å². The molecule has 0 saturated heterocycles. The molecule has 0 saturated carbocycles. The van der Waals surface area contributed by atoms with Crippen molar-refractivity contribution in [1.29, 1.82) is 0 Å². The Kier molecular flexibility index (Phi) is 1.76. The molecule has 0 aliphatic heterocycles. The van der Waals surface area contributed by atoms with Gasteiger partial charge >= 0.3 is 0 Å². The Balaban J connectivity index is 3.32. The van der Waals surface area contributed by atoms with Gasteiger partial charge in [0, 0.05) is 0 Å². The van der Waals surface area contributed by atoms with Gasteiger partial charge in [-0.1, -0.05) is 18.2 Å². The molecule has 0 aromatic carbocycles. The van der Waals surface area contributed by atoms with Crippen molar-refractivity contribution in [3.63, 3.8) is 0 Å². The summed E-state index contributed by atoms with van der Waals surface area (Å²) in [6, 6.07) is 7.03. The van der Waals surface area contributed by atoms with Gasteiger partial charge in [-0.15, -0.1) is 0 Å². The van der Waals surface area contributed by atoms with Crippen molar-refractivity contribution >= 4 is 8.19 Å². The zero-order chi connectivity index (χ0) is 5.82. The number of hydrogen-bond donors (Lipinski definition) is 0. The Morgan fingerprint density at radius 1 is 1.25 bits per heavy atom. The van der Waals surface area contributed by atoms with E-state index < -0.39 is 0 Å². The first-order valence-electron chi connectivity index (χ1n) is 2.31. The van der Waals surface area contributed by atoms with Gasteiger partial charge in [0.25, 0.3) is 0 Å². The highest BCUT2D eigenvalue weighted by Crippen LogP contribution is 1.88. The van der Waals surface area contributed by atoms with Gasteiger partial charge in [0.05, 0.1) is 0 Å². The van der Waals surface area contributed by atoms with Crippen molar-refractivity contribution in [2.75, 3.05) is 0 Å². The predicted molar refractivity (Wildman–Crippen MR) is 35.2 cm³/mol. The Labute approximate surface area is 49.1 Å². The standard InChI is InChI=1S/C6H5OP/c7-6-4-2-1-3-5-8-6/h1-5H. The first kappa shape index (κ1) is 5.46. The van der Waals surface area contributed by atoms with Crippen molar-refractivity contribution in [1.82, 2.24) is 0 Å². The molecule has 0 N–H and O–H groups in total. The highest BCUT2D eigenvalue weighted by atomic mass is 31.0. The largest absolute Gasteiger partial charge is 0.285 e. The summed E-state index contributed by atoms with van der Waals surface area (Å²) in [5.41, 5.74) is 0. The van der Waals surface area contributed by atoms with Crippen molar-refractivity contribution in [2.24, 2.45) is 0 Å². The molecule has 0 aliphatic carbocycles. The Bertz CT molecular complexity index is 199. The Morgan fingerprint density at radius 3 is 3.00 bits per heavy atom. The minimum Gasteiger partial charge on any atom is -0.285 e. The van der Waals surface area contributed by atoms with Gasteiger partial charge in [-0.05, 0) is 20.1 Å². The fourth-order valence-corrected chi connectivity index (χ4v) is 0.916. The molecule has 2 heteroatoms. The van der Waals surface area contributed by atoms with E-state index in [1.54, 1.807) is 12.1 Å². The van der Waals surface area contributed by atoms with Crippen LogP contribution in [0.4, 0.5) is 0 Å². The topological polar surface area (TPSA) is 17.1 Å². The van der Waals surface area contributed by atoms with Crippen LogP contribution in [-0.2, 0) is 0 Å². The zero-order valence-electron chi connectivity index (χ0n) is 4.24. The van der Waals surface area contributed by atoms with Crippen molar-refractivity contribution in [3.05, 3.63) is 40.0 Å². The van der Waals surface area contributed by atoms with E-state index in [9.17, 15) is 4.79 Å². The molecule has 0 amide bonds. The van der Waals surface area contributed by atoms with E-state index in [-0.39, 0.29) is 5.16 Å². The molecule has 1 nitrogen and oxygen atoms in total. The van der Waals surface area contributed by atoms with Crippen LogP contribution >= 0.6 is 8.19 Å². The van der Waals surface area contributed by atoms with E-state index in [0.717, 1.165) is 8.19 Å². The average molecular weight is 124 g/mol. The van der Waals surface area contributed by atoms with E-state index in [0.29, 0.717) is 0 Å². The number of rotatable bonds is 0. The lowest BCUT2D eigenvalue weighted by molar-refractivity contribution is 1.81. The van der Waals surface area contributed by atoms with E-state index >= 15 is 0 Å². The predicted octanol–water partition coefficient (Wildman–Crippen LogP) is 1.63. The molecular formula is C6H5OP. The minimum absolute atomic E-state index is 0.148. The minimum atomic E-state index is 0.148. The van der Waals surface area contributed by atoms with Gasteiger partial charge in [0.15, 0.2) is 0 Å². The van der Waals surface area contributed by atoms with Crippen LogP contribution in [0.15, 0.2) is 34.9 Å². The fourth-order valence-electron chi connectivity index (χ4n) is 0.411. The lowest BCUT2D eigenvalue weighted by Crippen LogP contribution is -1.79. The van der Waals surface area contributed by atoms with Gasteiger partial charge in [0.1, 0.15) is 0 Å². The van der Waals surface area contributed by atoms with Crippen LogP contribution in [0.1, 0.15) is 0 Å². The van der Waals surface area contributed by atoms with E-state index in [4.69, 9.17) is 0 Å². The summed E-state index contributed by atoms with van der Waals surface area (Å²) in [6.07, 6.45) is 0. The maximum Gasteiger partial charge on any atom is 0.204 e. The SMILES string of the molecule is O=c1cccccp1. The number of hydrogen-bond acceptors (Lipinski definition) is 1. The third-order valence-electron chi connectivity index (χ3n) is 0.749. The van der Waals surface area contributed by atoms with Crippen LogP contribution in [0.3, 0.4) is 0 Å². The highest BCUT2D eigenvalue weighted by molar-refractivity contribution is 7.27. The zero-order valence-corrected chi connectivity index (χ0v) is 5.14. The second kappa shape index (κ2) is 2.58. The Hall–Kier alpha value is -0.680. The smallest absolute Gasteiger partial charge is 0.204 e. The second-order valence-corrected chi connectivity index (χ2v) is 2.36. The molecule has 0 atom stereocenters. The second-order valence-electron chi connectivity index (χ2n) is 1.36. The maximum absolute atomic E-state index is 10.5. The van der Waals surface area contributed by atoms with Gasteiger partial charge in [-0.2, -0.15) is 0 Å². The molecule has 0 unspecified atom stereocenters. The highest BCUT2D eigenvalue weighted by Gasteiger charge is 1.70. The van der Waals surface area contributed by atoms with E-state index in [1.807, 2.05) is 17.9 Å². The van der Waals surface area contributed by atoms with Crippen molar-refractivity contribution in [2.45, 2.75) is 0 Å². The maximum atomic E-state index is 10.5. The first-order chi connectivity index (χ1) is 3.89. The molecule has 1 rings (SSSR count). The van der Waals surface area contributed by atoms with Crippen LogP contribution in [0.2, 0.25) is 0 Å². The lowest BCUT2D eigenvalue weighted by Gasteiger charge is -1.55. The van der Waals surface area contributed by atoms with E-state index in [1.165, 1.54) is 0 Å². The van der Waals surface area contributed by atoms with Gasteiger partial charge in [-0.3, -0.25) is 4.79 Å². The lowest BCUT2D eigenvalue weighted by atomic mass is 10.5. The van der Waals surface area contributed by atoms with Crippen LogP contribution in [0.25, 0.3) is 0 Å². The van der Waals surface area contributed by atoms with Crippen molar-refractivity contribution < 1.29 is 0 Å². The molecular weight excluding hydrogens is 119 g/mol. The molecule has 0 radical (unpaired) electrons. The molecule has 0 spiro atoms. The monoisotopic (exact) mass is 124 g/mol. The van der Waals surface area contributed by atoms with Crippen LogP contribution < -0.4 is 5.16 Å². The molecule has 1 aromatic heterocycles. The summed E-state index contributed by atoms with van der Waals surface area (Å²) >= 11 is 0. The summed E-state index contributed by atoms with van der Waals surface area (Å²) in [5, 5.41) is 0.148. The third-order valence-corrected chi connectivity index (χ3v) is 1.47. The summed E-state index contributed by atoms with van der Waals surface area (Å²) < 4.78 is 0. The van der Waals surface area contributed by atoms with Crippen molar-refractivity contribution in [3.8, 4) is 0 Å². The molecule has 0 fully saturated rings. The van der Waals surface area contributed by atoms with Crippen LogP contribution in [-0.4, -0.2) is 0 Å². The van der Waals surface area contributed by atoms with Gasteiger partial charge < -0.3 is 0 Å². The quantitative estimate of drug-likeness (QED) is 0.513. The van der Waals surface area contributed by atoms with E-state index in [2.05, 4.69) is 0 Å². The van der Waals surface area contributed by atoms with Gasteiger partial charge in [0.2, 0.25) is 5.16 Å². The fraction of sp³-hybridized carbons (Fsp3) is 0. The summed E-state index contributed by atoms with van der Waals surface area (Å²) in [5.74, 6) is 1.82. The molecule has 0 aliphatic rings. The normalized spacial score (nSPS) is 9.50. The van der Waals surface area contributed by atoms with Crippen LogP contribution in [0.5, 0.6) is 0 Å². The molecule has 1 aromatic rings. The molecule has 1 heterocycles. The summed E-state index contributed by atoms with van der Waals surface area (Å²) in [7, 11) is 0.766. The summed E-state index contributed by atoms with van der Waals surface area (Å²) in [6.45, 7) is 0. The summed E-state index contributed by atoms with van der Waals surface area (Å²) in [4.78, 5) is 10.5. The first-order valence-corrected chi connectivity index (χ1v) is 3.27. The average Bonchev–Trinajstić information content (AvgIpc) is 1.94. The molecule has 8 heavy (non-hydrogen) atoms. The Morgan fingerprint density at radius 2 is 2.12 bits per heavy atom.